The number of aromatic nitrogens is 2. The Morgan fingerprint density at radius 3 is 2.86 bits per heavy atom. The molecule has 0 spiro atoms. The van der Waals surface area contributed by atoms with E-state index in [2.05, 4.69) is 20.6 Å². The number of hydrogen-bond acceptors (Lipinski definition) is 4. The van der Waals surface area contributed by atoms with Crippen LogP contribution in [0.1, 0.15) is 17.2 Å². The van der Waals surface area contributed by atoms with Gasteiger partial charge in [0.05, 0.1) is 12.9 Å². The highest BCUT2D eigenvalue weighted by atomic mass is 16.4. The van der Waals surface area contributed by atoms with Crippen molar-refractivity contribution in [3.63, 3.8) is 0 Å². The minimum atomic E-state index is -1.12. The molecule has 112 valence electrons. The number of H-pyrrole nitrogens is 1. The first-order chi connectivity index (χ1) is 10.0. The van der Waals surface area contributed by atoms with Crippen molar-refractivity contribution >= 4 is 12.0 Å². The van der Waals surface area contributed by atoms with Crippen molar-refractivity contribution in [2.24, 2.45) is 0 Å². The van der Waals surface area contributed by atoms with Gasteiger partial charge in [0.25, 0.3) is 0 Å². The van der Waals surface area contributed by atoms with E-state index >= 15 is 0 Å². The molecule has 21 heavy (non-hydrogen) atoms. The van der Waals surface area contributed by atoms with Crippen LogP contribution in [-0.2, 0) is 17.8 Å². The van der Waals surface area contributed by atoms with Gasteiger partial charge >= 0.3 is 12.0 Å². The van der Waals surface area contributed by atoms with Crippen molar-refractivity contribution in [3.05, 3.63) is 41.9 Å². The van der Waals surface area contributed by atoms with Gasteiger partial charge in [-0.1, -0.05) is 0 Å². The van der Waals surface area contributed by atoms with Crippen LogP contribution in [0.3, 0.4) is 0 Å². The Balaban J connectivity index is 1.84. The van der Waals surface area contributed by atoms with Gasteiger partial charge in [0.1, 0.15) is 17.6 Å². The number of aryl methyl sites for hydroxylation is 1. The summed E-state index contributed by atoms with van der Waals surface area (Å²) in [4.78, 5) is 29.5. The van der Waals surface area contributed by atoms with E-state index in [1.54, 1.807) is 19.1 Å². The van der Waals surface area contributed by atoms with Crippen LogP contribution < -0.4 is 10.6 Å². The number of aliphatic carboxylic acids is 1. The van der Waals surface area contributed by atoms with Crippen molar-refractivity contribution in [1.82, 2.24) is 20.6 Å². The molecule has 4 N–H and O–H groups in total. The predicted octanol–water partition coefficient (Wildman–Crippen LogP) is 0.806. The smallest absolute Gasteiger partial charge is 0.326 e. The van der Waals surface area contributed by atoms with Crippen LogP contribution in [0.15, 0.2) is 29.1 Å². The summed E-state index contributed by atoms with van der Waals surface area (Å²) in [6, 6.07) is 1.92. The number of hydrogen-bond donors (Lipinski definition) is 4. The SMILES string of the molecule is Cc1ccc(CNC(=O)N[C@@H](Cc2cnc[nH]2)C(=O)O)o1. The zero-order chi connectivity index (χ0) is 15.2. The quantitative estimate of drug-likeness (QED) is 0.628. The summed E-state index contributed by atoms with van der Waals surface area (Å²) in [5, 5.41) is 14.1. The Kier molecular flexibility index (Phi) is 4.60. The molecule has 2 amide bonds. The van der Waals surface area contributed by atoms with E-state index in [9.17, 15) is 9.59 Å². The van der Waals surface area contributed by atoms with Gasteiger partial charge in [0, 0.05) is 18.3 Å². The van der Waals surface area contributed by atoms with Crippen LogP contribution in [0.5, 0.6) is 0 Å². The molecule has 0 saturated carbocycles. The molecule has 0 aliphatic heterocycles. The largest absolute Gasteiger partial charge is 0.480 e. The average Bonchev–Trinajstić information content (AvgIpc) is 3.07. The third kappa shape index (κ3) is 4.37. The zero-order valence-electron chi connectivity index (χ0n) is 11.4. The summed E-state index contributed by atoms with van der Waals surface area (Å²) in [6.07, 6.45) is 3.09. The van der Waals surface area contributed by atoms with E-state index < -0.39 is 18.0 Å². The van der Waals surface area contributed by atoms with Crippen molar-refractivity contribution < 1.29 is 19.1 Å². The Morgan fingerprint density at radius 1 is 1.48 bits per heavy atom. The Labute approximate surface area is 120 Å². The second-order valence-corrected chi connectivity index (χ2v) is 4.51. The number of carbonyl (C=O) groups excluding carboxylic acids is 1. The molecule has 0 aliphatic rings. The summed E-state index contributed by atoms with van der Waals surface area (Å²) >= 11 is 0. The first-order valence-electron chi connectivity index (χ1n) is 6.34. The van der Waals surface area contributed by atoms with E-state index in [0.29, 0.717) is 11.5 Å². The molecular formula is C13H16N4O4. The van der Waals surface area contributed by atoms with E-state index in [1.807, 2.05) is 0 Å². The summed E-state index contributed by atoms with van der Waals surface area (Å²) in [5.41, 5.74) is 0.629. The van der Waals surface area contributed by atoms with Crippen LogP contribution in [0, 0.1) is 6.92 Å². The normalized spacial score (nSPS) is 11.9. The summed E-state index contributed by atoms with van der Waals surface area (Å²) in [6.45, 7) is 1.99. The second kappa shape index (κ2) is 6.60. The number of imidazole rings is 1. The molecule has 0 saturated heterocycles. The van der Waals surface area contributed by atoms with Crippen LogP contribution in [-0.4, -0.2) is 33.1 Å². The van der Waals surface area contributed by atoms with Gasteiger partial charge in [-0.05, 0) is 19.1 Å². The van der Waals surface area contributed by atoms with Crippen LogP contribution >= 0.6 is 0 Å². The molecule has 8 nitrogen and oxygen atoms in total. The molecule has 0 radical (unpaired) electrons. The van der Waals surface area contributed by atoms with Crippen molar-refractivity contribution in [2.75, 3.05) is 0 Å². The molecular weight excluding hydrogens is 276 g/mol. The molecule has 2 aromatic heterocycles. The first kappa shape index (κ1) is 14.6. The van der Waals surface area contributed by atoms with E-state index in [4.69, 9.17) is 9.52 Å². The van der Waals surface area contributed by atoms with Gasteiger partial charge in [-0.25, -0.2) is 14.6 Å². The number of nitrogens with zero attached hydrogens (tertiary/aromatic N) is 1. The molecule has 0 aliphatic carbocycles. The highest BCUT2D eigenvalue weighted by Crippen LogP contribution is 2.05. The number of aromatic amines is 1. The fraction of sp³-hybridized carbons (Fsp3) is 0.308. The van der Waals surface area contributed by atoms with Crippen molar-refractivity contribution in [3.8, 4) is 0 Å². The lowest BCUT2D eigenvalue weighted by Crippen LogP contribution is -2.46. The Hall–Kier alpha value is -2.77. The van der Waals surface area contributed by atoms with Gasteiger partial charge in [-0.15, -0.1) is 0 Å². The molecule has 2 heterocycles. The maximum atomic E-state index is 11.7. The van der Waals surface area contributed by atoms with E-state index in [0.717, 1.165) is 5.76 Å². The third-order valence-corrected chi connectivity index (χ3v) is 2.80. The summed E-state index contributed by atoms with van der Waals surface area (Å²) in [7, 11) is 0. The minimum absolute atomic E-state index is 0.128. The van der Waals surface area contributed by atoms with Crippen LogP contribution in [0.2, 0.25) is 0 Å². The maximum Gasteiger partial charge on any atom is 0.326 e. The Bertz CT molecular complexity index is 605. The van der Waals surface area contributed by atoms with Crippen LogP contribution in [0.25, 0.3) is 0 Å². The fourth-order valence-corrected chi connectivity index (χ4v) is 1.77. The molecule has 0 fully saturated rings. The van der Waals surface area contributed by atoms with Crippen molar-refractivity contribution in [2.45, 2.75) is 25.9 Å². The highest BCUT2D eigenvalue weighted by molar-refractivity contribution is 5.82. The zero-order valence-corrected chi connectivity index (χ0v) is 11.4. The molecule has 0 unspecified atom stereocenters. The topological polar surface area (TPSA) is 120 Å². The number of nitrogens with one attached hydrogen (secondary N) is 3. The lowest BCUT2D eigenvalue weighted by atomic mass is 10.2. The van der Waals surface area contributed by atoms with Crippen molar-refractivity contribution in [1.29, 1.82) is 0 Å². The minimum Gasteiger partial charge on any atom is -0.480 e. The average molecular weight is 292 g/mol. The maximum absolute atomic E-state index is 11.7. The van der Waals surface area contributed by atoms with E-state index in [1.165, 1.54) is 12.5 Å². The lowest BCUT2D eigenvalue weighted by molar-refractivity contribution is -0.139. The number of amides is 2. The molecule has 8 heteroatoms. The van der Waals surface area contributed by atoms with Gasteiger partial charge in [-0.2, -0.15) is 0 Å². The van der Waals surface area contributed by atoms with Gasteiger partial charge in [0.2, 0.25) is 0 Å². The van der Waals surface area contributed by atoms with Crippen LogP contribution in [0.4, 0.5) is 4.79 Å². The molecule has 2 rings (SSSR count). The predicted molar refractivity (Wildman–Crippen MR) is 72.5 cm³/mol. The molecule has 1 atom stereocenters. The number of carbonyl (C=O) groups is 2. The molecule has 0 bridgehead atoms. The highest BCUT2D eigenvalue weighted by Gasteiger charge is 2.20. The standard InChI is InChI=1S/C13H16N4O4/c1-8-2-3-10(21-8)6-15-13(20)17-11(12(18)19)4-9-5-14-7-16-9/h2-3,5,7,11H,4,6H2,1H3,(H,14,16)(H,18,19)(H2,15,17,20)/t11-/m0/s1. The van der Waals surface area contributed by atoms with Gasteiger partial charge < -0.3 is 25.1 Å². The first-order valence-corrected chi connectivity index (χ1v) is 6.34. The summed E-state index contributed by atoms with van der Waals surface area (Å²) in [5.74, 6) is 0.228. The van der Waals surface area contributed by atoms with Gasteiger partial charge in [-0.3, -0.25) is 0 Å². The third-order valence-electron chi connectivity index (χ3n) is 2.80. The number of rotatable bonds is 6. The second-order valence-electron chi connectivity index (χ2n) is 4.51. The number of urea groups is 1. The summed E-state index contributed by atoms with van der Waals surface area (Å²) < 4.78 is 5.30. The number of furan rings is 1. The number of carboxylic acid groups (broad SMARTS) is 1. The van der Waals surface area contributed by atoms with Gasteiger partial charge in [0.15, 0.2) is 0 Å². The number of carboxylic acids is 1. The van der Waals surface area contributed by atoms with E-state index in [-0.39, 0.29) is 13.0 Å². The fourth-order valence-electron chi connectivity index (χ4n) is 1.77. The Morgan fingerprint density at radius 2 is 2.29 bits per heavy atom. The molecule has 2 aromatic rings. The molecule has 0 aromatic carbocycles. The lowest BCUT2D eigenvalue weighted by Gasteiger charge is -2.14. The monoisotopic (exact) mass is 292 g/mol.